The Hall–Kier alpha value is -0.690. The van der Waals surface area contributed by atoms with Gasteiger partial charge in [0.05, 0.1) is 0 Å². The molecule has 1 unspecified atom stereocenters. The molecule has 1 aromatic carbocycles. The van der Waals surface area contributed by atoms with E-state index in [2.05, 4.69) is 10.0 Å². The molecule has 0 amide bonds. The quantitative estimate of drug-likeness (QED) is 0.893. The first-order valence-electron chi connectivity index (χ1n) is 7.13. The Morgan fingerprint density at radius 1 is 1.38 bits per heavy atom. The molecular weight excluding hydrogens is 315 g/mol. The molecule has 4 nitrogen and oxygen atoms in total. The molecule has 1 aliphatic heterocycles. The van der Waals surface area contributed by atoms with E-state index in [1.165, 1.54) is 18.6 Å². The molecule has 0 aromatic heterocycles. The lowest BCUT2D eigenvalue weighted by atomic mass is 9.70. The highest BCUT2D eigenvalue weighted by atomic mass is 35.5. The molecule has 0 radical (unpaired) electrons. The molecule has 2 aliphatic rings. The third-order valence-electron chi connectivity index (χ3n) is 4.45. The van der Waals surface area contributed by atoms with Crippen LogP contribution in [0.4, 0.5) is 4.39 Å². The zero-order valence-corrected chi connectivity index (χ0v) is 13.1. The summed E-state index contributed by atoms with van der Waals surface area (Å²) in [5, 5.41) is 3.66. The van der Waals surface area contributed by atoms with E-state index in [-0.39, 0.29) is 21.5 Å². The molecule has 3 rings (SSSR count). The van der Waals surface area contributed by atoms with Crippen LogP contribution in [0.25, 0.3) is 0 Å². The molecule has 116 valence electrons. The molecule has 1 atom stereocenters. The van der Waals surface area contributed by atoms with Gasteiger partial charge in [0.2, 0.25) is 10.0 Å². The predicted octanol–water partition coefficient (Wildman–Crippen LogP) is 2.43. The van der Waals surface area contributed by atoms with Gasteiger partial charge in [0, 0.05) is 16.6 Å². The van der Waals surface area contributed by atoms with E-state index in [9.17, 15) is 12.8 Å². The molecule has 1 heterocycles. The summed E-state index contributed by atoms with van der Waals surface area (Å²) in [6.07, 6.45) is 4.83. The van der Waals surface area contributed by atoms with Gasteiger partial charge in [-0.2, -0.15) is 0 Å². The second kappa shape index (κ2) is 5.50. The maximum Gasteiger partial charge on any atom is 0.243 e. The summed E-state index contributed by atoms with van der Waals surface area (Å²) >= 11 is 5.66. The van der Waals surface area contributed by atoms with Gasteiger partial charge in [0.15, 0.2) is 0 Å². The SMILES string of the molecule is O=S(=O)(NC1CCNC2(CCC2)C1)c1ccc(Cl)cc1F. The average Bonchev–Trinajstić information content (AvgIpc) is 2.36. The third-order valence-corrected chi connectivity index (χ3v) is 6.23. The molecule has 2 fully saturated rings. The predicted molar refractivity (Wildman–Crippen MR) is 79.3 cm³/mol. The van der Waals surface area contributed by atoms with Gasteiger partial charge in [-0.3, -0.25) is 0 Å². The summed E-state index contributed by atoms with van der Waals surface area (Å²) in [5.41, 5.74) is 0.0873. The second-order valence-electron chi connectivity index (χ2n) is 5.95. The molecule has 1 aromatic rings. The summed E-state index contributed by atoms with van der Waals surface area (Å²) in [6.45, 7) is 0.788. The molecule has 1 saturated heterocycles. The van der Waals surface area contributed by atoms with Crippen LogP contribution in [-0.4, -0.2) is 26.5 Å². The fourth-order valence-electron chi connectivity index (χ4n) is 3.22. The summed E-state index contributed by atoms with van der Waals surface area (Å²) in [4.78, 5) is -0.340. The summed E-state index contributed by atoms with van der Waals surface area (Å²) in [6, 6.07) is 3.47. The van der Waals surface area contributed by atoms with Crippen molar-refractivity contribution in [2.24, 2.45) is 0 Å². The van der Waals surface area contributed by atoms with Gasteiger partial charge in [0.25, 0.3) is 0 Å². The van der Waals surface area contributed by atoms with Crippen LogP contribution in [0.3, 0.4) is 0 Å². The van der Waals surface area contributed by atoms with Gasteiger partial charge >= 0.3 is 0 Å². The van der Waals surface area contributed by atoms with Crippen LogP contribution in [0.15, 0.2) is 23.1 Å². The fourth-order valence-corrected chi connectivity index (χ4v) is 4.71. The number of halogens is 2. The van der Waals surface area contributed by atoms with Crippen LogP contribution in [0.2, 0.25) is 5.02 Å². The summed E-state index contributed by atoms with van der Waals surface area (Å²) < 4.78 is 41.1. The van der Waals surface area contributed by atoms with E-state index >= 15 is 0 Å². The molecule has 2 N–H and O–H groups in total. The Kier molecular flexibility index (Phi) is 3.98. The minimum atomic E-state index is -3.85. The Bertz CT molecular complexity index is 646. The van der Waals surface area contributed by atoms with Gasteiger partial charge in [-0.05, 0) is 56.8 Å². The van der Waals surface area contributed by atoms with Crippen molar-refractivity contribution in [2.75, 3.05) is 6.54 Å². The van der Waals surface area contributed by atoms with E-state index < -0.39 is 15.8 Å². The first kappa shape index (κ1) is 15.2. The van der Waals surface area contributed by atoms with Crippen LogP contribution >= 0.6 is 11.6 Å². The molecule has 1 saturated carbocycles. The first-order valence-corrected chi connectivity index (χ1v) is 8.99. The van der Waals surface area contributed by atoms with Crippen molar-refractivity contribution < 1.29 is 12.8 Å². The van der Waals surface area contributed by atoms with Gasteiger partial charge in [-0.1, -0.05) is 11.6 Å². The molecule has 0 bridgehead atoms. The Labute approximate surface area is 129 Å². The van der Waals surface area contributed by atoms with Gasteiger partial charge < -0.3 is 5.32 Å². The topological polar surface area (TPSA) is 58.2 Å². The minimum Gasteiger partial charge on any atom is -0.311 e. The summed E-state index contributed by atoms with van der Waals surface area (Å²) in [7, 11) is -3.85. The monoisotopic (exact) mass is 332 g/mol. The normalized spacial score (nSPS) is 24.8. The Morgan fingerprint density at radius 3 is 2.76 bits per heavy atom. The lowest BCUT2D eigenvalue weighted by molar-refractivity contribution is 0.126. The van der Waals surface area contributed by atoms with Gasteiger partial charge in [0.1, 0.15) is 10.7 Å². The standard InChI is InChI=1S/C14H18ClFN2O2S/c15-10-2-3-13(12(16)8-10)21(19,20)18-11-4-7-17-14(9-11)5-1-6-14/h2-3,8,11,17-18H,1,4-7,9H2. The molecule has 7 heteroatoms. The number of hydrogen-bond acceptors (Lipinski definition) is 3. The fraction of sp³-hybridized carbons (Fsp3) is 0.571. The Balaban J connectivity index is 1.76. The van der Waals surface area contributed by atoms with E-state index in [1.807, 2.05) is 0 Å². The zero-order chi connectivity index (χ0) is 15.1. The maximum atomic E-state index is 13.8. The zero-order valence-electron chi connectivity index (χ0n) is 11.5. The number of piperidine rings is 1. The number of nitrogens with one attached hydrogen (secondary N) is 2. The van der Waals surface area contributed by atoms with Crippen molar-refractivity contribution in [3.05, 3.63) is 29.0 Å². The van der Waals surface area contributed by atoms with Crippen molar-refractivity contribution >= 4 is 21.6 Å². The van der Waals surface area contributed by atoms with E-state index in [1.54, 1.807) is 0 Å². The van der Waals surface area contributed by atoms with Gasteiger partial charge in [-0.15, -0.1) is 0 Å². The van der Waals surface area contributed by atoms with Crippen molar-refractivity contribution in [1.29, 1.82) is 0 Å². The van der Waals surface area contributed by atoms with Crippen molar-refractivity contribution in [3.8, 4) is 0 Å². The largest absolute Gasteiger partial charge is 0.311 e. The highest BCUT2D eigenvalue weighted by molar-refractivity contribution is 7.89. The lowest BCUT2D eigenvalue weighted by Gasteiger charge is -2.48. The van der Waals surface area contributed by atoms with E-state index in [0.29, 0.717) is 0 Å². The summed E-state index contributed by atoms with van der Waals surface area (Å²) in [5.74, 6) is -0.817. The Morgan fingerprint density at radius 2 is 2.14 bits per heavy atom. The van der Waals surface area contributed by atoms with Crippen LogP contribution < -0.4 is 10.0 Å². The molecule has 1 aliphatic carbocycles. The van der Waals surface area contributed by atoms with Crippen LogP contribution in [-0.2, 0) is 10.0 Å². The highest BCUT2D eigenvalue weighted by Gasteiger charge is 2.41. The second-order valence-corrected chi connectivity index (χ2v) is 8.07. The van der Waals surface area contributed by atoms with Crippen LogP contribution in [0.1, 0.15) is 32.1 Å². The van der Waals surface area contributed by atoms with Crippen LogP contribution in [0.5, 0.6) is 0 Å². The third kappa shape index (κ3) is 3.08. The number of rotatable bonds is 3. The lowest BCUT2D eigenvalue weighted by Crippen LogP contribution is -2.59. The van der Waals surface area contributed by atoms with E-state index in [4.69, 9.17) is 11.6 Å². The smallest absolute Gasteiger partial charge is 0.243 e. The van der Waals surface area contributed by atoms with Crippen LogP contribution in [0, 0.1) is 5.82 Å². The average molecular weight is 333 g/mol. The molecule has 21 heavy (non-hydrogen) atoms. The maximum absolute atomic E-state index is 13.8. The van der Waals surface area contributed by atoms with Crippen molar-refractivity contribution in [2.45, 2.75) is 48.6 Å². The van der Waals surface area contributed by atoms with E-state index in [0.717, 1.165) is 38.3 Å². The van der Waals surface area contributed by atoms with Crippen molar-refractivity contribution in [1.82, 2.24) is 10.0 Å². The minimum absolute atomic E-state index is 0.0873. The highest BCUT2D eigenvalue weighted by Crippen LogP contribution is 2.38. The van der Waals surface area contributed by atoms with Crippen molar-refractivity contribution in [3.63, 3.8) is 0 Å². The number of benzene rings is 1. The van der Waals surface area contributed by atoms with Gasteiger partial charge in [-0.25, -0.2) is 17.5 Å². The molecular formula is C14H18ClFN2O2S. The number of hydrogen-bond donors (Lipinski definition) is 2. The molecule has 1 spiro atoms. The first-order chi connectivity index (χ1) is 9.90. The number of sulfonamides is 1.